The maximum Gasteiger partial charge on any atom is 0.262 e. The Kier molecular flexibility index (Phi) is 4.94. The van der Waals surface area contributed by atoms with Crippen LogP contribution in [-0.4, -0.2) is 39.7 Å². The lowest BCUT2D eigenvalue weighted by Crippen LogP contribution is -2.28. The van der Waals surface area contributed by atoms with Gasteiger partial charge in [0.25, 0.3) is 11.8 Å². The number of likely N-dealkylation sites (tertiary alicyclic amines) is 1. The summed E-state index contributed by atoms with van der Waals surface area (Å²) in [7, 11) is 0. The van der Waals surface area contributed by atoms with Crippen LogP contribution in [0.1, 0.15) is 64.4 Å². The summed E-state index contributed by atoms with van der Waals surface area (Å²) in [5, 5.41) is 6.64. The Bertz CT molecular complexity index is 868. The second-order valence-electron chi connectivity index (χ2n) is 7.19. The van der Waals surface area contributed by atoms with Gasteiger partial charge in [-0.1, -0.05) is 25.8 Å². The lowest BCUT2D eigenvalue weighted by atomic mass is 10.0. The predicted molar refractivity (Wildman–Crippen MR) is 99.6 cm³/mol. The molecule has 3 heterocycles. The molecular weight excluding hydrogens is 344 g/mol. The van der Waals surface area contributed by atoms with Gasteiger partial charge in [0.15, 0.2) is 5.75 Å². The van der Waals surface area contributed by atoms with Crippen molar-refractivity contribution in [2.45, 2.75) is 45.6 Å². The molecule has 2 aromatic rings. The normalized spacial score (nSPS) is 17.1. The molecule has 7 nitrogen and oxygen atoms in total. The predicted octanol–water partition coefficient (Wildman–Crippen LogP) is 2.55. The van der Waals surface area contributed by atoms with E-state index in [1.54, 1.807) is 12.3 Å². The van der Waals surface area contributed by atoms with E-state index in [2.05, 4.69) is 22.2 Å². The van der Waals surface area contributed by atoms with Crippen LogP contribution in [0.25, 0.3) is 0 Å². The van der Waals surface area contributed by atoms with Crippen LogP contribution in [0.15, 0.2) is 24.5 Å². The molecule has 2 aliphatic heterocycles. The van der Waals surface area contributed by atoms with Crippen LogP contribution in [0.5, 0.6) is 5.75 Å². The lowest BCUT2D eigenvalue weighted by Gasteiger charge is -2.25. The van der Waals surface area contributed by atoms with Crippen LogP contribution >= 0.6 is 0 Å². The molecule has 2 aliphatic rings. The first-order chi connectivity index (χ1) is 13.2. The SMILES string of the molecule is CCCc1ccc2c(c1On1cc(CN3CCCCC3)cn1)C(=O)NC2=O. The number of amides is 2. The van der Waals surface area contributed by atoms with Gasteiger partial charge in [0.2, 0.25) is 0 Å². The fraction of sp³-hybridized carbons (Fsp3) is 0.450. The number of aryl methyl sites for hydroxylation is 1. The highest BCUT2D eigenvalue weighted by Gasteiger charge is 2.32. The van der Waals surface area contributed by atoms with E-state index < -0.39 is 5.91 Å². The molecule has 1 aromatic carbocycles. The van der Waals surface area contributed by atoms with Crippen LogP contribution in [0.4, 0.5) is 0 Å². The van der Waals surface area contributed by atoms with Gasteiger partial charge < -0.3 is 4.84 Å². The monoisotopic (exact) mass is 368 g/mol. The molecule has 0 spiro atoms. The smallest absolute Gasteiger partial charge is 0.262 e. The number of hydrogen-bond donors (Lipinski definition) is 1. The van der Waals surface area contributed by atoms with E-state index in [4.69, 9.17) is 4.84 Å². The second-order valence-corrected chi connectivity index (χ2v) is 7.19. The second kappa shape index (κ2) is 7.52. The molecule has 0 atom stereocenters. The molecule has 0 unspecified atom stereocenters. The van der Waals surface area contributed by atoms with Crippen molar-refractivity contribution in [2.75, 3.05) is 13.1 Å². The summed E-state index contributed by atoms with van der Waals surface area (Å²) in [6, 6.07) is 3.55. The molecule has 7 heteroatoms. The lowest BCUT2D eigenvalue weighted by molar-refractivity contribution is 0.0877. The summed E-state index contributed by atoms with van der Waals surface area (Å²) in [5.41, 5.74) is 2.63. The van der Waals surface area contributed by atoms with Gasteiger partial charge in [0, 0.05) is 12.1 Å². The number of aromatic nitrogens is 2. The van der Waals surface area contributed by atoms with Crippen molar-refractivity contribution in [3.63, 3.8) is 0 Å². The van der Waals surface area contributed by atoms with Gasteiger partial charge in [-0.2, -0.15) is 0 Å². The Morgan fingerprint density at radius 3 is 2.74 bits per heavy atom. The van der Waals surface area contributed by atoms with Gasteiger partial charge in [-0.3, -0.25) is 19.8 Å². The van der Waals surface area contributed by atoms with Crippen molar-refractivity contribution in [1.29, 1.82) is 0 Å². The van der Waals surface area contributed by atoms with Gasteiger partial charge in [-0.05, 0) is 44.0 Å². The first-order valence-corrected chi connectivity index (χ1v) is 9.61. The van der Waals surface area contributed by atoms with Crippen LogP contribution in [0.3, 0.4) is 0 Å². The standard InChI is InChI=1S/C20H24N4O3/c1-2-6-15-7-8-16-17(20(26)22-19(16)25)18(15)27-24-13-14(11-21-24)12-23-9-4-3-5-10-23/h7-8,11,13H,2-6,9-10,12H2,1H3,(H,22,25,26). The molecule has 0 bridgehead atoms. The molecule has 142 valence electrons. The van der Waals surface area contributed by atoms with Gasteiger partial charge in [0.1, 0.15) is 0 Å². The zero-order chi connectivity index (χ0) is 18.8. The van der Waals surface area contributed by atoms with Crippen molar-refractivity contribution in [3.8, 4) is 5.75 Å². The minimum Gasteiger partial charge on any atom is -0.357 e. The van der Waals surface area contributed by atoms with E-state index >= 15 is 0 Å². The molecule has 1 N–H and O–H groups in total. The first kappa shape index (κ1) is 17.7. The summed E-state index contributed by atoms with van der Waals surface area (Å²) >= 11 is 0. The number of rotatable bonds is 6. The number of carbonyl (C=O) groups is 2. The van der Waals surface area contributed by atoms with Gasteiger partial charge >= 0.3 is 0 Å². The zero-order valence-corrected chi connectivity index (χ0v) is 15.5. The number of fused-ring (bicyclic) bond motifs is 1. The number of carbonyl (C=O) groups excluding carboxylic acids is 2. The molecule has 27 heavy (non-hydrogen) atoms. The van der Waals surface area contributed by atoms with Crippen molar-refractivity contribution in [3.05, 3.63) is 46.8 Å². The molecule has 0 aliphatic carbocycles. The third kappa shape index (κ3) is 3.60. The largest absolute Gasteiger partial charge is 0.357 e. The number of nitrogens with one attached hydrogen (secondary N) is 1. The minimum absolute atomic E-state index is 0.305. The number of nitrogens with zero attached hydrogens (tertiary/aromatic N) is 3. The van der Waals surface area contributed by atoms with E-state index in [1.165, 1.54) is 24.1 Å². The molecule has 1 aromatic heterocycles. The third-order valence-electron chi connectivity index (χ3n) is 5.11. The average Bonchev–Trinajstić information content (AvgIpc) is 3.22. The number of imide groups is 1. The molecular formula is C20H24N4O3. The fourth-order valence-electron chi connectivity index (χ4n) is 3.78. The summed E-state index contributed by atoms with van der Waals surface area (Å²) < 4.78 is 0. The number of hydrogen-bond acceptors (Lipinski definition) is 5. The fourth-order valence-corrected chi connectivity index (χ4v) is 3.78. The number of piperidine rings is 1. The van der Waals surface area contributed by atoms with Crippen LogP contribution in [-0.2, 0) is 13.0 Å². The molecule has 0 radical (unpaired) electrons. The molecule has 1 saturated heterocycles. The summed E-state index contributed by atoms with van der Waals surface area (Å²) in [5.74, 6) is -0.372. The molecule has 4 rings (SSSR count). The van der Waals surface area contributed by atoms with E-state index in [0.717, 1.165) is 43.6 Å². The highest BCUT2D eigenvalue weighted by Crippen LogP contribution is 2.32. The quantitative estimate of drug-likeness (QED) is 0.793. The van der Waals surface area contributed by atoms with Crippen LogP contribution in [0, 0.1) is 0 Å². The van der Waals surface area contributed by atoms with Gasteiger partial charge in [-0.15, -0.1) is 9.94 Å². The summed E-state index contributed by atoms with van der Waals surface area (Å²) in [6.07, 6.45) is 9.09. The molecule has 1 fully saturated rings. The Morgan fingerprint density at radius 1 is 1.15 bits per heavy atom. The average molecular weight is 368 g/mol. The van der Waals surface area contributed by atoms with E-state index in [-0.39, 0.29) is 5.91 Å². The zero-order valence-electron chi connectivity index (χ0n) is 15.5. The maximum absolute atomic E-state index is 12.3. The minimum atomic E-state index is -0.413. The van der Waals surface area contributed by atoms with E-state index in [1.807, 2.05) is 12.3 Å². The van der Waals surface area contributed by atoms with Gasteiger partial charge in [-0.25, -0.2) is 0 Å². The highest BCUT2D eigenvalue weighted by molar-refractivity contribution is 6.22. The van der Waals surface area contributed by atoms with Crippen molar-refractivity contribution < 1.29 is 14.4 Å². The Morgan fingerprint density at radius 2 is 1.96 bits per heavy atom. The maximum atomic E-state index is 12.3. The summed E-state index contributed by atoms with van der Waals surface area (Å²) in [4.78, 5) is 34.0. The molecule has 0 saturated carbocycles. The van der Waals surface area contributed by atoms with Crippen molar-refractivity contribution in [2.24, 2.45) is 0 Å². The highest BCUT2D eigenvalue weighted by atomic mass is 16.7. The van der Waals surface area contributed by atoms with Gasteiger partial charge in [0.05, 0.1) is 23.5 Å². The van der Waals surface area contributed by atoms with Crippen LogP contribution in [0.2, 0.25) is 0 Å². The Balaban J connectivity index is 1.59. The first-order valence-electron chi connectivity index (χ1n) is 9.61. The third-order valence-corrected chi connectivity index (χ3v) is 5.11. The van der Waals surface area contributed by atoms with Crippen molar-refractivity contribution in [1.82, 2.24) is 20.2 Å². The number of benzene rings is 1. The van der Waals surface area contributed by atoms with Crippen molar-refractivity contribution >= 4 is 11.8 Å². The Labute approximate surface area is 158 Å². The van der Waals surface area contributed by atoms with Crippen LogP contribution < -0.4 is 10.2 Å². The Hall–Kier alpha value is -2.67. The van der Waals surface area contributed by atoms with E-state index in [9.17, 15) is 9.59 Å². The van der Waals surface area contributed by atoms with E-state index in [0.29, 0.717) is 16.9 Å². The topological polar surface area (TPSA) is 76.5 Å². The molecule has 2 amide bonds. The summed E-state index contributed by atoms with van der Waals surface area (Å²) in [6.45, 7) is 5.13.